The Hall–Kier alpha value is -1.87. The number of halogens is 1. The van der Waals surface area contributed by atoms with Gasteiger partial charge in [-0.1, -0.05) is 24.3 Å². The van der Waals surface area contributed by atoms with E-state index in [0.717, 1.165) is 22.4 Å². The molecule has 2 aromatic rings. The van der Waals surface area contributed by atoms with Gasteiger partial charge < -0.3 is 9.84 Å². The molecule has 2 rings (SSSR count). The van der Waals surface area contributed by atoms with Crippen molar-refractivity contribution < 1.29 is 14.2 Å². The maximum Gasteiger partial charge on any atom is 0.123 e. The fourth-order valence-corrected chi connectivity index (χ4v) is 1.92. The summed E-state index contributed by atoms with van der Waals surface area (Å²) in [6, 6.07) is 12.2. The fraction of sp³-hybridized carbons (Fsp3) is 0.250. The van der Waals surface area contributed by atoms with E-state index in [9.17, 15) is 4.39 Å². The van der Waals surface area contributed by atoms with Crippen LogP contribution in [0.15, 0.2) is 42.5 Å². The van der Waals surface area contributed by atoms with Crippen LogP contribution in [0.1, 0.15) is 16.7 Å². The van der Waals surface area contributed by atoms with Gasteiger partial charge in [-0.3, -0.25) is 0 Å². The van der Waals surface area contributed by atoms with Crippen LogP contribution < -0.4 is 4.74 Å². The second-order valence-corrected chi connectivity index (χ2v) is 4.44. The monoisotopic (exact) mass is 260 g/mol. The molecule has 2 aromatic carbocycles. The molecule has 3 heteroatoms. The van der Waals surface area contributed by atoms with Gasteiger partial charge in [0.15, 0.2) is 0 Å². The fourth-order valence-electron chi connectivity index (χ4n) is 1.92. The Balaban J connectivity index is 2.12. The number of hydrogen-bond donors (Lipinski definition) is 1. The second-order valence-electron chi connectivity index (χ2n) is 4.44. The molecule has 0 unspecified atom stereocenters. The number of aryl methyl sites for hydroxylation is 1. The standard InChI is InChI=1S/C16H17FO2/c1-12-6-7-15(17)10-14(12)11-19-16-5-3-2-4-13(16)8-9-18/h2-7,10,18H,8-9,11H2,1H3. The SMILES string of the molecule is Cc1ccc(F)cc1COc1ccccc1CCO. The average molecular weight is 260 g/mol. The highest BCUT2D eigenvalue weighted by Crippen LogP contribution is 2.20. The molecule has 0 fully saturated rings. The number of aliphatic hydroxyl groups is 1. The predicted octanol–water partition coefficient (Wildman–Crippen LogP) is 3.25. The van der Waals surface area contributed by atoms with E-state index in [1.54, 1.807) is 6.07 Å². The van der Waals surface area contributed by atoms with E-state index in [-0.39, 0.29) is 12.4 Å². The van der Waals surface area contributed by atoms with E-state index in [1.165, 1.54) is 12.1 Å². The Labute approximate surface area is 112 Å². The molecule has 0 spiro atoms. The van der Waals surface area contributed by atoms with Crippen molar-refractivity contribution in [2.24, 2.45) is 0 Å². The molecule has 19 heavy (non-hydrogen) atoms. The van der Waals surface area contributed by atoms with Gasteiger partial charge in [-0.25, -0.2) is 4.39 Å². The summed E-state index contributed by atoms with van der Waals surface area (Å²) >= 11 is 0. The first-order valence-corrected chi connectivity index (χ1v) is 6.27. The normalized spacial score (nSPS) is 10.5. The summed E-state index contributed by atoms with van der Waals surface area (Å²) in [7, 11) is 0. The van der Waals surface area contributed by atoms with Crippen molar-refractivity contribution in [1.82, 2.24) is 0 Å². The van der Waals surface area contributed by atoms with Crippen molar-refractivity contribution in [2.75, 3.05) is 6.61 Å². The largest absolute Gasteiger partial charge is 0.489 e. The lowest BCUT2D eigenvalue weighted by Crippen LogP contribution is -2.02. The minimum absolute atomic E-state index is 0.0827. The summed E-state index contributed by atoms with van der Waals surface area (Å²) in [5.41, 5.74) is 2.79. The highest BCUT2D eigenvalue weighted by molar-refractivity contribution is 5.34. The topological polar surface area (TPSA) is 29.5 Å². The molecule has 2 nitrogen and oxygen atoms in total. The number of aliphatic hydroxyl groups excluding tert-OH is 1. The van der Waals surface area contributed by atoms with Crippen molar-refractivity contribution in [3.63, 3.8) is 0 Å². The maximum absolute atomic E-state index is 13.2. The van der Waals surface area contributed by atoms with Gasteiger partial charge >= 0.3 is 0 Å². The van der Waals surface area contributed by atoms with Crippen LogP contribution in [0.25, 0.3) is 0 Å². The molecular formula is C16H17FO2. The molecule has 0 amide bonds. The first kappa shape index (κ1) is 13.6. The van der Waals surface area contributed by atoms with Crippen molar-refractivity contribution in [3.05, 3.63) is 65.0 Å². The number of para-hydroxylation sites is 1. The molecule has 0 saturated carbocycles. The van der Waals surface area contributed by atoms with Gasteiger partial charge in [-0.05, 0) is 48.2 Å². The molecule has 0 aliphatic rings. The summed E-state index contributed by atoms with van der Waals surface area (Å²) in [5, 5.41) is 9.00. The Bertz CT molecular complexity index is 552. The van der Waals surface area contributed by atoms with Gasteiger partial charge in [-0.2, -0.15) is 0 Å². The summed E-state index contributed by atoms with van der Waals surface area (Å²) in [6.45, 7) is 2.34. The molecule has 0 aromatic heterocycles. The third-order valence-electron chi connectivity index (χ3n) is 3.05. The van der Waals surface area contributed by atoms with Crippen LogP contribution in [0.3, 0.4) is 0 Å². The molecule has 100 valence electrons. The quantitative estimate of drug-likeness (QED) is 0.894. The van der Waals surface area contributed by atoms with Crippen molar-refractivity contribution >= 4 is 0 Å². The zero-order valence-corrected chi connectivity index (χ0v) is 10.9. The van der Waals surface area contributed by atoms with Crippen molar-refractivity contribution in [3.8, 4) is 5.75 Å². The number of rotatable bonds is 5. The smallest absolute Gasteiger partial charge is 0.123 e. The zero-order valence-electron chi connectivity index (χ0n) is 10.9. The summed E-state index contributed by atoms with van der Waals surface area (Å²) in [4.78, 5) is 0. The lowest BCUT2D eigenvalue weighted by atomic mass is 10.1. The Morgan fingerprint density at radius 1 is 1.11 bits per heavy atom. The zero-order chi connectivity index (χ0) is 13.7. The Kier molecular flexibility index (Phi) is 4.53. The van der Waals surface area contributed by atoms with Crippen LogP contribution in [-0.4, -0.2) is 11.7 Å². The van der Waals surface area contributed by atoms with Gasteiger partial charge in [-0.15, -0.1) is 0 Å². The van der Waals surface area contributed by atoms with Crippen LogP contribution >= 0.6 is 0 Å². The van der Waals surface area contributed by atoms with E-state index >= 15 is 0 Å². The first-order valence-electron chi connectivity index (χ1n) is 6.27. The average Bonchev–Trinajstić information content (AvgIpc) is 2.42. The van der Waals surface area contributed by atoms with Gasteiger partial charge in [0.25, 0.3) is 0 Å². The van der Waals surface area contributed by atoms with E-state index in [0.29, 0.717) is 13.0 Å². The highest BCUT2D eigenvalue weighted by Gasteiger charge is 2.05. The number of ether oxygens (including phenoxy) is 1. The number of hydrogen-bond acceptors (Lipinski definition) is 2. The summed E-state index contributed by atoms with van der Waals surface area (Å²) in [5.74, 6) is 0.480. The van der Waals surface area contributed by atoms with Crippen LogP contribution in [0.4, 0.5) is 4.39 Å². The van der Waals surface area contributed by atoms with E-state index in [1.807, 2.05) is 31.2 Å². The third-order valence-corrected chi connectivity index (χ3v) is 3.05. The molecule has 0 atom stereocenters. The predicted molar refractivity (Wildman–Crippen MR) is 72.7 cm³/mol. The van der Waals surface area contributed by atoms with E-state index in [2.05, 4.69) is 0 Å². The van der Waals surface area contributed by atoms with Gasteiger partial charge in [0.05, 0.1) is 0 Å². The molecule has 0 radical (unpaired) electrons. The molecule has 1 N–H and O–H groups in total. The molecule has 0 saturated heterocycles. The molecule has 0 heterocycles. The van der Waals surface area contributed by atoms with Gasteiger partial charge in [0.1, 0.15) is 18.2 Å². The third kappa shape index (κ3) is 3.55. The van der Waals surface area contributed by atoms with E-state index in [4.69, 9.17) is 9.84 Å². The molecule has 0 aliphatic carbocycles. The Morgan fingerprint density at radius 2 is 1.89 bits per heavy atom. The van der Waals surface area contributed by atoms with Crippen LogP contribution in [0.5, 0.6) is 5.75 Å². The first-order chi connectivity index (χ1) is 9.20. The van der Waals surface area contributed by atoms with Gasteiger partial charge in [0.2, 0.25) is 0 Å². The van der Waals surface area contributed by atoms with Crippen molar-refractivity contribution in [1.29, 1.82) is 0 Å². The Morgan fingerprint density at radius 3 is 2.68 bits per heavy atom. The lowest BCUT2D eigenvalue weighted by Gasteiger charge is -2.12. The van der Waals surface area contributed by atoms with Gasteiger partial charge in [0, 0.05) is 6.61 Å². The van der Waals surface area contributed by atoms with E-state index < -0.39 is 0 Å². The molecule has 0 bridgehead atoms. The maximum atomic E-state index is 13.2. The highest BCUT2D eigenvalue weighted by atomic mass is 19.1. The second kappa shape index (κ2) is 6.34. The minimum Gasteiger partial charge on any atom is -0.489 e. The molecule has 0 aliphatic heterocycles. The van der Waals surface area contributed by atoms with Crippen LogP contribution in [0, 0.1) is 12.7 Å². The lowest BCUT2D eigenvalue weighted by molar-refractivity contribution is 0.283. The summed E-state index contributed by atoms with van der Waals surface area (Å²) in [6.07, 6.45) is 0.554. The van der Waals surface area contributed by atoms with Crippen LogP contribution in [0.2, 0.25) is 0 Å². The summed E-state index contributed by atoms with van der Waals surface area (Å²) < 4.78 is 18.9. The minimum atomic E-state index is -0.257. The number of benzene rings is 2. The molecular weight excluding hydrogens is 243 g/mol. The van der Waals surface area contributed by atoms with Crippen molar-refractivity contribution in [2.45, 2.75) is 20.0 Å². The van der Waals surface area contributed by atoms with Crippen LogP contribution in [-0.2, 0) is 13.0 Å².